The van der Waals surface area contributed by atoms with Gasteiger partial charge in [0.2, 0.25) is 35.4 Å². The zero-order valence-electron chi connectivity index (χ0n) is 33.6. The van der Waals surface area contributed by atoms with E-state index in [9.17, 15) is 53.9 Å². The lowest BCUT2D eigenvalue weighted by Gasteiger charge is -2.27. The van der Waals surface area contributed by atoms with E-state index in [1.807, 2.05) is 0 Å². The molecule has 6 amide bonds. The van der Waals surface area contributed by atoms with Crippen molar-refractivity contribution in [3.05, 3.63) is 69.9 Å². The summed E-state index contributed by atoms with van der Waals surface area (Å²) in [5.74, 6) is -6.79. The van der Waals surface area contributed by atoms with Crippen LogP contribution in [0.25, 0.3) is 10.9 Å². The maximum absolute atomic E-state index is 14.1. The number of phenolic OH excluding ortho intramolecular Hbond substituents is 1. The van der Waals surface area contributed by atoms with Gasteiger partial charge < -0.3 is 58.6 Å². The molecule has 21 nitrogen and oxygen atoms in total. The van der Waals surface area contributed by atoms with Crippen LogP contribution in [0.1, 0.15) is 64.0 Å². The summed E-state index contributed by atoms with van der Waals surface area (Å²) in [6.07, 6.45) is 1.91. The van der Waals surface area contributed by atoms with Gasteiger partial charge in [-0.05, 0) is 62.8 Å². The fraction of sp³-hybridized carbons (Fsp3) is 0.462. The number of aromatic nitrogens is 1. The number of unbranched alkanes of at least 4 members (excludes halogenated alkanes) is 1. The monoisotopic (exact) mass is 838 g/mol. The van der Waals surface area contributed by atoms with Crippen LogP contribution >= 0.6 is 0 Å². The number of fused-ring (bicyclic) bond motifs is 1. The van der Waals surface area contributed by atoms with Crippen LogP contribution in [-0.4, -0.2) is 104 Å². The number of nitrogens with zero attached hydrogens (tertiary/aromatic N) is 2. The molecular formula is C39H54N10O11. The SMILES string of the molecule is CC(C)C[C@H](NC(=O)[C@H](CC(N)=O)NC(=O)CN)C(=O)N[C@@H](Cc1cn(Cc2cc([N+](=O)[O-])ccc2O)c2ccccc12)C(=O)N[C@@H](C)C(=O)N[C@@H](CCCCN)C(=O)O. The van der Waals surface area contributed by atoms with E-state index < -0.39 is 89.5 Å². The minimum absolute atomic E-state index is 0.0276. The van der Waals surface area contributed by atoms with Gasteiger partial charge in [0.05, 0.1) is 24.4 Å². The van der Waals surface area contributed by atoms with E-state index in [4.69, 9.17) is 17.2 Å². The maximum atomic E-state index is 14.1. The number of amides is 6. The quantitative estimate of drug-likeness (QED) is 0.0306. The van der Waals surface area contributed by atoms with Crippen LogP contribution in [-0.2, 0) is 46.5 Å². The topological polar surface area (TPSA) is 346 Å². The van der Waals surface area contributed by atoms with Crippen molar-refractivity contribution in [3.8, 4) is 5.75 Å². The van der Waals surface area contributed by atoms with Gasteiger partial charge in [-0.2, -0.15) is 0 Å². The highest BCUT2D eigenvalue weighted by Gasteiger charge is 2.33. The highest BCUT2D eigenvalue weighted by molar-refractivity contribution is 5.97. The first-order chi connectivity index (χ1) is 28.3. The van der Waals surface area contributed by atoms with Gasteiger partial charge in [-0.15, -0.1) is 0 Å². The average Bonchev–Trinajstić information content (AvgIpc) is 3.52. The van der Waals surface area contributed by atoms with E-state index in [0.717, 1.165) is 6.07 Å². The Morgan fingerprint density at radius 2 is 1.43 bits per heavy atom. The zero-order valence-corrected chi connectivity index (χ0v) is 33.6. The van der Waals surface area contributed by atoms with E-state index in [1.54, 1.807) is 48.9 Å². The number of carboxylic acid groups (broad SMARTS) is 1. The lowest BCUT2D eigenvalue weighted by molar-refractivity contribution is -0.384. The predicted octanol–water partition coefficient (Wildman–Crippen LogP) is -0.616. The molecule has 0 saturated heterocycles. The molecule has 0 radical (unpaired) electrons. The van der Waals surface area contributed by atoms with Gasteiger partial charge in [-0.1, -0.05) is 32.0 Å². The largest absolute Gasteiger partial charge is 0.508 e. The lowest BCUT2D eigenvalue weighted by Crippen LogP contribution is -2.59. The van der Waals surface area contributed by atoms with Crippen molar-refractivity contribution in [1.29, 1.82) is 0 Å². The number of nitrogens with one attached hydrogen (secondary N) is 5. The maximum Gasteiger partial charge on any atom is 0.326 e. The second-order valence-electron chi connectivity index (χ2n) is 14.7. The number of aromatic hydroxyl groups is 1. The van der Waals surface area contributed by atoms with Crippen LogP contribution in [0, 0.1) is 16.0 Å². The van der Waals surface area contributed by atoms with Crippen LogP contribution in [0.4, 0.5) is 5.69 Å². The summed E-state index contributed by atoms with van der Waals surface area (Å²) in [6, 6.07) is 3.79. The Bertz CT molecular complexity index is 2050. The lowest BCUT2D eigenvalue weighted by atomic mass is 10.00. The van der Waals surface area contributed by atoms with Crippen molar-refractivity contribution in [2.75, 3.05) is 13.1 Å². The van der Waals surface area contributed by atoms with Crippen LogP contribution < -0.4 is 43.8 Å². The predicted molar refractivity (Wildman–Crippen MR) is 218 cm³/mol. The Balaban J connectivity index is 2.02. The fourth-order valence-corrected chi connectivity index (χ4v) is 6.38. The third kappa shape index (κ3) is 14.0. The second-order valence-corrected chi connectivity index (χ2v) is 14.7. The first-order valence-corrected chi connectivity index (χ1v) is 19.3. The molecule has 3 rings (SSSR count). The molecule has 0 aliphatic heterocycles. The number of para-hydroxylation sites is 1. The molecule has 1 heterocycles. The van der Waals surface area contributed by atoms with E-state index in [0.29, 0.717) is 35.9 Å². The van der Waals surface area contributed by atoms with E-state index in [2.05, 4.69) is 26.6 Å². The molecule has 60 heavy (non-hydrogen) atoms. The number of carboxylic acids is 1. The molecule has 1 aromatic heterocycles. The first-order valence-electron chi connectivity index (χ1n) is 19.3. The summed E-state index contributed by atoms with van der Waals surface area (Å²) in [5, 5.41) is 44.8. The number of hydrogen-bond acceptors (Lipinski definition) is 12. The molecular weight excluding hydrogens is 784 g/mol. The molecule has 326 valence electrons. The van der Waals surface area contributed by atoms with E-state index >= 15 is 0 Å². The van der Waals surface area contributed by atoms with E-state index in [1.165, 1.54) is 19.1 Å². The molecule has 0 aliphatic carbocycles. The average molecular weight is 839 g/mol. The van der Waals surface area contributed by atoms with Crippen LogP contribution in [0.5, 0.6) is 5.75 Å². The van der Waals surface area contributed by atoms with Gasteiger partial charge in [0.15, 0.2) is 0 Å². The van der Waals surface area contributed by atoms with Gasteiger partial charge in [-0.25, -0.2) is 4.79 Å². The highest BCUT2D eigenvalue weighted by atomic mass is 16.6. The normalized spacial score (nSPS) is 13.6. The smallest absolute Gasteiger partial charge is 0.326 e. The molecule has 2 aromatic carbocycles. The number of primary amides is 1. The number of nitro groups is 1. The molecule has 0 bridgehead atoms. The molecule has 21 heteroatoms. The molecule has 0 aliphatic rings. The number of phenols is 1. The number of carbonyl (C=O) groups is 7. The van der Waals surface area contributed by atoms with Gasteiger partial charge in [0, 0.05) is 41.2 Å². The summed E-state index contributed by atoms with van der Waals surface area (Å²) in [6.45, 7) is 4.67. The summed E-state index contributed by atoms with van der Waals surface area (Å²) >= 11 is 0. The van der Waals surface area contributed by atoms with Crippen molar-refractivity contribution < 1.29 is 48.7 Å². The Kier molecular flexibility index (Phi) is 17.9. The zero-order chi connectivity index (χ0) is 44.7. The Morgan fingerprint density at radius 3 is 2.05 bits per heavy atom. The fourth-order valence-electron chi connectivity index (χ4n) is 6.38. The number of rotatable bonds is 24. The number of hydrogen-bond donors (Lipinski definition) is 10. The third-order valence-corrected chi connectivity index (χ3v) is 9.44. The van der Waals surface area contributed by atoms with Gasteiger partial charge in [0.25, 0.3) is 5.69 Å². The molecule has 13 N–H and O–H groups in total. The van der Waals surface area contributed by atoms with Crippen LogP contribution in [0.2, 0.25) is 0 Å². The van der Waals surface area contributed by atoms with Gasteiger partial charge in [-0.3, -0.25) is 38.9 Å². The molecule has 0 fully saturated rings. The van der Waals surface area contributed by atoms with Crippen LogP contribution in [0.3, 0.4) is 0 Å². The van der Waals surface area contributed by atoms with Crippen molar-refractivity contribution in [3.63, 3.8) is 0 Å². The number of non-ortho nitro benzene ring substituents is 1. The number of nitrogens with two attached hydrogens (primary N) is 3. The van der Waals surface area contributed by atoms with Crippen molar-refractivity contribution in [1.82, 2.24) is 31.2 Å². The minimum atomic E-state index is -1.47. The first kappa shape index (κ1) is 47.8. The Labute approximate surface area is 345 Å². The van der Waals surface area contributed by atoms with Crippen LogP contribution in [0.15, 0.2) is 48.7 Å². The highest BCUT2D eigenvalue weighted by Crippen LogP contribution is 2.28. The Morgan fingerprint density at radius 1 is 0.800 bits per heavy atom. The number of nitro benzene ring substituents is 1. The van der Waals surface area contributed by atoms with Crippen molar-refractivity contribution >= 4 is 58.0 Å². The summed E-state index contributed by atoms with van der Waals surface area (Å²) in [5.41, 5.74) is 17.3. The standard InChI is InChI=1S/C39H54N10O11/c1-21(2)14-28(46-38(56)30(17-33(42)51)44-34(52)18-41)37(55)47-29(36(54)43-22(3)35(53)45-27(39(57)58)9-6-7-13-40)16-23-19-48(31-10-5-4-8-26(23)31)20-24-15-25(49(59)60)11-12-32(24)50/h4-5,8,10-12,15,19,21-22,27-30,50H,6-7,9,13-14,16-18,20,40-41H2,1-3H3,(H2,42,51)(H,43,54)(H,44,52)(H,45,53)(H,46,56)(H,47,55)(H,57,58)/t22-,27-,28-,29-,30-/m0/s1. The van der Waals surface area contributed by atoms with Gasteiger partial charge in [0.1, 0.15) is 36.0 Å². The molecule has 0 saturated carbocycles. The summed E-state index contributed by atoms with van der Waals surface area (Å²) in [7, 11) is 0. The van der Waals surface area contributed by atoms with Crippen molar-refractivity contribution in [2.24, 2.45) is 23.1 Å². The molecule has 0 unspecified atom stereocenters. The number of carbonyl (C=O) groups excluding carboxylic acids is 6. The molecule has 3 aromatic rings. The minimum Gasteiger partial charge on any atom is -0.508 e. The molecule has 0 spiro atoms. The van der Waals surface area contributed by atoms with Gasteiger partial charge >= 0.3 is 5.97 Å². The molecule has 5 atom stereocenters. The number of benzene rings is 2. The number of aliphatic carboxylic acids is 1. The second kappa shape index (κ2) is 22.5. The summed E-state index contributed by atoms with van der Waals surface area (Å²) in [4.78, 5) is 101. The Hall–Kier alpha value is -6.61. The van der Waals surface area contributed by atoms with E-state index in [-0.39, 0.29) is 48.7 Å². The summed E-state index contributed by atoms with van der Waals surface area (Å²) < 4.78 is 1.70. The van der Waals surface area contributed by atoms with Crippen molar-refractivity contribution in [2.45, 2.75) is 96.1 Å². The third-order valence-electron chi connectivity index (χ3n) is 9.44.